The smallest absolute Gasteiger partial charge is 0.191 e. The second kappa shape index (κ2) is 5.83. The first-order valence-corrected chi connectivity index (χ1v) is 7.37. The molecule has 1 heterocycles. The molecule has 1 aromatic rings. The average molecular weight is 276 g/mol. The van der Waals surface area contributed by atoms with Crippen molar-refractivity contribution in [2.45, 2.75) is 38.2 Å². The number of Topliss-reactive ketones (excluding diaryl/α,β-unsaturated/α-hetero) is 1. The van der Waals surface area contributed by atoms with Crippen LogP contribution in [0.15, 0.2) is 18.2 Å². The monoisotopic (exact) mass is 276 g/mol. The Bertz CT molecular complexity index is 491. The summed E-state index contributed by atoms with van der Waals surface area (Å²) in [6, 6.07) is 5.14. The highest BCUT2D eigenvalue weighted by molar-refractivity contribution is 6.00. The number of aliphatic hydroxyl groups is 1. The molecule has 0 amide bonds. The fraction of sp³-hybridized carbons (Fsp3) is 0.562. The second-order valence-corrected chi connectivity index (χ2v) is 5.57. The van der Waals surface area contributed by atoms with Crippen LogP contribution < -0.4 is 9.47 Å². The van der Waals surface area contributed by atoms with Gasteiger partial charge in [0.25, 0.3) is 0 Å². The number of hydrogen-bond donors (Lipinski definition) is 1. The zero-order valence-corrected chi connectivity index (χ0v) is 11.5. The number of hydrogen-bond acceptors (Lipinski definition) is 4. The highest BCUT2D eigenvalue weighted by Gasteiger charge is 2.29. The van der Waals surface area contributed by atoms with Crippen LogP contribution in [0, 0.1) is 5.92 Å². The predicted octanol–water partition coefficient (Wildman–Crippen LogP) is 2.58. The maximum atomic E-state index is 12.4. The van der Waals surface area contributed by atoms with Gasteiger partial charge in [-0.3, -0.25) is 4.79 Å². The summed E-state index contributed by atoms with van der Waals surface area (Å²) < 4.78 is 10.9. The number of ketones is 1. The van der Waals surface area contributed by atoms with E-state index in [-0.39, 0.29) is 11.7 Å². The van der Waals surface area contributed by atoms with E-state index in [1.54, 1.807) is 18.2 Å². The summed E-state index contributed by atoms with van der Waals surface area (Å²) in [4.78, 5) is 12.4. The fourth-order valence-corrected chi connectivity index (χ4v) is 3.03. The van der Waals surface area contributed by atoms with Gasteiger partial charge in [-0.1, -0.05) is 19.3 Å². The van der Waals surface area contributed by atoms with Crippen LogP contribution in [0.1, 0.15) is 42.5 Å². The van der Waals surface area contributed by atoms with Crippen LogP contribution in [-0.2, 0) is 0 Å². The van der Waals surface area contributed by atoms with Gasteiger partial charge in [-0.25, -0.2) is 0 Å². The van der Waals surface area contributed by atoms with E-state index in [4.69, 9.17) is 9.47 Å². The van der Waals surface area contributed by atoms with E-state index < -0.39 is 6.10 Å². The Morgan fingerprint density at radius 1 is 1.10 bits per heavy atom. The first-order valence-electron chi connectivity index (χ1n) is 7.37. The minimum atomic E-state index is -0.891. The van der Waals surface area contributed by atoms with Gasteiger partial charge in [0, 0.05) is 5.56 Å². The molecule has 3 rings (SSSR count). The van der Waals surface area contributed by atoms with Crippen molar-refractivity contribution in [1.82, 2.24) is 0 Å². The van der Waals surface area contributed by atoms with Crippen molar-refractivity contribution >= 4 is 5.78 Å². The predicted molar refractivity (Wildman–Crippen MR) is 74.3 cm³/mol. The van der Waals surface area contributed by atoms with Crippen LogP contribution in [-0.4, -0.2) is 30.2 Å². The number of aliphatic hydroxyl groups excluding tert-OH is 1. The summed E-state index contributed by atoms with van der Waals surface area (Å²) in [6.07, 6.45) is 4.42. The Morgan fingerprint density at radius 2 is 1.80 bits per heavy atom. The molecule has 20 heavy (non-hydrogen) atoms. The van der Waals surface area contributed by atoms with Gasteiger partial charge in [0.2, 0.25) is 0 Å². The van der Waals surface area contributed by atoms with Crippen LogP contribution >= 0.6 is 0 Å². The molecule has 0 bridgehead atoms. The third kappa shape index (κ3) is 2.66. The molecule has 0 radical (unpaired) electrons. The molecule has 2 aliphatic rings. The molecule has 1 fully saturated rings. The zero-order valence-electron chi connectivity index (χ0n) is 11.5. The minimum absolute atomic E-state index is 0.101. The third-order valence-corrected chi connectivity index (χ3v) is 4.19. The summed E-state index contributed by atoms with van der Waals surface area (Å²) in [5.41, 5.74) is 0.507. The maximum Gasteiger partial charge on any atom is 0.191 e. The molecule has 0 aromatic heterocycles. The van der Waals surface area contributed by atoms with Crippen molar-refractivity contribution in [2.75, 3.05) is 13.2 Å². The lowest BCUT2D eigenvalue weighted by molar-refractivity contribution is 0.0534. The Labute approximate surface area is 118 Å². The lowest BCUT2D eigenvalue weighted by Gasteiger charge is -2.26. The van der Waals surface area contributed by atoms with E-state index in [1.165, 1.54) is 6.42 Å². The van der Waals surface area contributed by atoms with E-state index in [1.807, 2.05) is 0 Å². The van der Waals surface area contributed by atoms with Gasteiger partial charge in [-0.2, -0.15) is 0 Å². The van der Waals surface area contributed by atoms with Crippen molar-refractivity contribution in [2.24, 2.45) is 5.92 Å². The largest absolute Gasteiger partial charge is 0.486 e. The topological polar surface area (TPSA) is 55.8 Å². The summed E-state index contributed by atoms with van der Waals surface area (Å²) in [5.74, 6) is 1.16. The van der Waals surface area contributed by atoms with Crippen LogP contribution in [0.25, 0.3) is 0 Å². The Kier molecular flexibility index (Phi) is 3.92. The highest BCUT2D eigenvalue weighted by Crippen LogP contribution is 2.33. The molecule has 1 aromatic carbocycles. The summed E-state index contributed by atoms with van der Waals surface area (Å²) in [7, 11) is 0. The number of fused-ring (bicyclic) bond motifs is 1. The molecule has 1 saturated carbocycles. The van der Waals surface area contributed by atoms with Crippen molar-refractivity contribution in [3.05, 3.63) is 23.8 Å². The molecule has 0 spiro atoms. The molecule has 108 valence electrons. The van der Waals surface area contributed by atoms with Gasteiger partial charge in [-0.15, -0.1) is 0 Å². The number of carbonyl (C=O) groups excluding carboxylic acids is 1. The van der Waals surface area contributed by atoms with Crippen molar-refractivity contribution in [3.63, 3.8) is 0 Å². The van der Waals surface area contributed by atoms with Crippen molar-refractivity contribution in [3.8, 4) is 11.5 Å². The fourth-order valence-electron chi connectivity index (χ4n) is 3.03. The molecular weight excluding hydrogens is 256 g/mol. The molecule has 4 nitrogen and oxygen atoms in total. The molecule has 0 saturated heterocycles. The molecule has 4 heteroatoms. The van der Waals surface area contributed by atoms with E-state index in [0.29, 0.717) is 30.3 Å². The van der Waals surface area contributed by atoms with Gasteiger partial charge in [0.15, 0.2) is 17.3 Å². The molecule has 1 aliphatic heterocycles. The summed E-state index contributed by atoms with van der Waals surface area (Å²) in [6.45, 7) is 1.03. The van der Waals surface area contributed by atoms with E-state index in [9.17, 15) is 9.90 Å². The number of carbonyl (C=O) groups is 1. The Balaban J connectivity index is 1.75. The maximum absolute atomic E-state index is 12.4. The molecule has 1 unspecified atom stereocenters. The minimum Gasteiger partial charge on any atom is -0.486 e. The number of rotatable bonds is 3. The molecular formula is C16H20O4. The first kappa shape index (κ1) is 13.4. The second-order valence-electron chi connectivity index (χ2n) is 5.57. The lowest BCUT2D eigenvalue weighted by Crippen LogP contribution is -2.31. The lowest BCUT2D eigenvalue weighted by atomic mass is 9.82. The van der Waals surface area contributed by atoms with Gasteiger partial charge in [0.1, 0.15) is 19.3 Å². The highest BCUT2D eigenvalue weighted by atomic mass is 16.6. The number of ether oxygens (including phenoxy) is 2. The normalized spacial score (nSPS) is 20.4. The molecule has 1 aliphatic carbocycles. The first-order chi connectivity index (χ1) is 9.75. The van der Waals surface area contributed by atoms with Crippen LogP contribution in [0.4, 0.5) is 0 Å². The summed E-state index contributed by atoms with van der Waals surface area (Å²) >= 11 is 0. The summed E-state index contributed by atoms with van der Waals surface area (Å²) in [5, 5.41) is 10.3. The van der Waals surface area contributed by atoms with Crippen LogP contribution in [0.3, 0.4) is 0 Å². The van der Waals surface area contributed by atoms with Gasteiger partial charge >= 0.3 is 0 Å². The van der Waals surface area contributed by atoms with Crippen molar-refractivity contribution in [1.29, 1.82) is 0 Å². The average Bonchev–Trinajstić information content (AvgIpc) is 2.54. The van der Waals surface area contributed by atoms with E-state index in [2.05, 4.69) is 0 Å². The SMILES string of the molecule is O=C(c1ccc2c(c1)OCCO2)C(O)C1CCCCC1. The Morgan fingerprint density at radius 3 is 2.55 bits per heavy atom. The van der Waals surface area contributed by atoms with Gasteiger partial charge in [-0.05, 0) is 37.0 Å². The Hall–Kier alpha value is -1.55. The van der Waals surface area contributed by atoms with Crippen molar-refractivity contribution < 1.29 is 19.4 Å². The van der Waals surface area contributed by atoms with Crippen LogP contribution in [0.5, 0.6) is 11.5 Å². The van der Waals surface area contributed by atoms with Gasteiger partial charge in [0.05, 0.1) is 0 Å². The molecule has 1 N–H and O–H groups in total. The third-order valence-electron chi connectivity index (χ3n) is 4.19. The molecule has 1 atom stereocenters. The van der Waals surface area contributed by atoms with E-state index >= 15 is 0 Å². The zero-order chi connectivity index (χ0) is 13.9. The van der Waals surface area contributed by atoms with Crippen LogP contribution in [0.2, 0.25) is 0 Å². The number of benzene rings is 1. The standard InChI is InChI=1S/C16H20O4/c17-15(11-4-2-1-3-5-11)16(18)12-6-7-13-14(10-12)20-9-8-19-13/h6-7,10-11,15,17H,1-5,8-9H2. The quantitative estimate of drug-likeness (QED) is 0.862. The van der Waals surface area contributed by atoms with Gasteiger partial charge < -0.3 is 14.6 Å². The van der Waals surface area contributed by atoms with E-state index in [0.717, 1.165) is 25.7 Å².